The number of carbonyl (C=O) groups excluding carboxylic acids is 1. The molecule has 0 bridgehead atoms. The van der Waals surface area contributed by atoms with Crippen molar-refractivity contribution in [3.05, 3.63) is 52.5 Å². The number of amides is 1. The fourth-order valence-corrected chi connectivity index (χ4v) is 2.59. The van der Waals surface area contributed by atoms with Crippen LogP contribution in [0, 0.1) is 0 Å². The zero-order chi connectivity index (χ0) is 18.8. The zero-order valence-corrected chi connectivity index (χ0v) is 16.0. The fraction of sp³-hybridized carbons (Fsp3) is 0.316. The van der Waals surface area contributed by atoms with Gasteiger partial charge in [-0.15, -0.1) is 0 Å². The molecule has 0 saturated carbocycles. The first kappa shape index (κ1) is 20.2. The molecular formula is C19H21Cl2NO4. The van der Waals surface area contributed by atoms with Crippen molar-refractivity contribution in [1.82, 2.24) is 5.32 Å². The average Bonchev–Trinajstić information content (AvgIpc) is 2.64. The lowest BCUT2D eigenvalue weighted by Gasteiger charge is -2.09. The van der Waals surface area contributed by atoms with E-state index < -0.39 is 0 Å². The van der Waals surface area contributed by atoms with Crippen LogP contribution >= 0.6 is 23.2 Å². The fourth-order valence-electron chi connectivity index (χ4n) is 2.13. The van der Waals surface area contributed by atoms with E-state index in [2.05, 4.69) is 5.32 Å². The van der Waals surface area contributed by atoms with E-state index in [0.29, 0.717) is 48.4 Å². The molecule has 7 heteroatoms. The third-order valence-electron chi connectivity index (χ3n) is 3.45. The van der Waals surface area contributed by atoms with Gasteiger partial charge in [-0.1, -0.05) is 23.2 Å². The standard InChI is InChI=1S/C19H21Cl2NO4/c1-24-15-5-7-16(8-6-15)25-12-10-22-19(23)3-2-11-26-18-9-4-14(20)13-17(18)21/h4-9,13H,2-3,10-12H2,1H3,(H,22,23). The molecular weight excluding hydrogens is 377 g/mol. The lowest BCUT2D eigenvalue weighted by Crippen LogP contribution is -2.28. The van der Waals surface area contributed by atoms with Crippen LogP contribution in [-0.4, -0.2) is 32.8 Å². The summed E-state index contributed by atoms with van der Waals surface area (Å²) in [5, 5.41) is 3.82. The number of hydrogen-bond acceptors (Lipinski definition) is 4. The molecule has 0 aliphatic rings. The van der Waals surface area contributed by atoms with Gasteiger partial charge in [0.2, 0.25) is 5.91 Å². The first-order valence-electron chi connectivity index (χ1n) is 8.20. The molecule has 2 rings (SSSR count). The minimum Gasteiger partial charge on any atom is -0.497 e. The lowest BCUT2D eigenvalue weighted by atomic mass is 10.3. The highest BCUT2D eigenvalue weighted by atomic mass is 35.5. The van der Waals surface area contributed by atoms with Gasteiger partial charge in [0, 0.05) is 11.4 Å². The molecule has 0 saturated heterocycles. The molecule has 0 aliphatic heterocycles. The summed E-state index contributed by atoms with van der Waals surface area (Å²) in [6.07, 6.45) is 0.956. The van der Waals surface area contributed by atoms with Gasteiger partial charge in [0.25, 0.3) is 0 Å². The van der Waals surface area contributed by atoms with Crippen molar-refractivity contribution in [3.8, 4) is 17.2 Å². The first-order valence-corrected chi connectivity index (χ1v) is 8.95. The molecule has 0 fully saturated rings. The molecule has 1 amide bonds. The SMILES string of the molecule is COc1ccc(OCCNC(=O)CCCOc2ccc(Cl)cc2Cl)cc1. The predicted molar refractivity (Wildman–Crippen MR) is 103 cm³/mol. The largest absolute Gasteiger partial charge is 0.497 e. The van der Waals surface area contributed by atoms with Crippen LogP contribution in [0.25, 0.3) is 0 Å². The maximum atomic E-state index is 11.8. The van der Waals surface area contributed by atoms with E-state index in [1.54, 1.807) is 25.3 Å². The van der Waals surface area contributed by atoms with Gasteiger partial charge in [0.05, 0.1) is 25.3 Å². The highest BCUT2D eigenvalue weighted by molar-refractivity contribution is 6.35. The molecule has 2 aromatic carbocycles. The minimum atomic E-state index is -0.0471. The Balaban J connectivity index is 1.55. The normalized spacial score (nSPS) is 10.3. The Hall–Kier alpha value is -2.11. The van der Waals surface area contributed by atoms with Gasteiger partial charge in [-0.25, -0.2) is 0 Å². The van der Waals surface area contributed by atoms with E-state index in [9.17, 15) is 4.79 Å². The van der Waals surface area contributed by atoms with Gasteiger partial charge in [0.15, 0.2) is 0 Å². The highest BCUT2D eigenvalue weighted by Crippen LogP contribution is 2.27. The molecule has 0 aromatic heterocycles. The van der Waals surface area contributed by atoms with Crippen LogP contribution in [0.1, 0.15) is 12.8 Å². The smallest absolute Gasteiger partial charge is 0.220 e. The summed E-state index contributed by atoms with van der Waals surface area (Å²) < 4.78 is 16.2. The van der Waals surface area contributed by atoms with Crippen molar-refractivity contribution in [2.24, 2.45) is 0 Å². The number of methoxy groups -OCH3 is 1. The Bertz CT molecular complexity index is 707. The Morgan fingerprint density at radius 3 is 2.42 bits per heavy atom. The summed E-state index contributed by atoms with van der Waals surface area (Å²) in [6.45, 7) is 1.24. The van der Waals surface area contributed by atoms with Crippen molar-refractivity contribution in [1.29, 1.82) is 0 Å². The number of ether oxygens (including phenoxy) is 3. The van der Waals surface area contributed by atoms with Crippen LogP contribution in [0.15, 0.2) is 42.5 Å². The van der Waals surface area contributed by atoms with Crippen LogP contribution in [0.5, 0.6) is 17.2 Å². The van der Waals surface area contributed by atoms with E-state index in [-0.39, 0.29) is 5.91 Å². The van der Waals surface area contributed by atoms with Gasteiger partial charge in [-0.3, -0.25) is 4.79 Å². The summed E-state index contributed by atoms with van der Waals surface area (Å²) in [4.78, 5) is 11.8. The number of benzene rings is 2. The van der Waals surface area contributed by atoms with Crippen molar-refractivity contribution in [2.75, 3.05) is 26.9 Å². The molecule has 140 valence electrons. The van der Waals surface area contributed by atoms with E-state index in [1.165, 1.54) is 0 Å². The second-order valence-electron chi connectivity index (χ2n) is 5.40. The third-order valence-corrected chi connectivity index (χ3v) is 3.98. The monoisotopic (exact) mass is 397 g/mol. The minimum absolute atomic E-state index is 0.0471. The van der Waals surface area contributed by atoms with Crippen LogP contribution in [0.4, 0.5) is 0 Å². The van der Waals surface area contributed by atoms with Gasteiger partial charge in [0.1, 0.15) is 23.9 Å². The quantitative estimate of drug-likeness (QED) is 0.605. The van der Waals surface area contributed by atoms with Crippen LogP contribution < -0.4 is 19.5 Å². The predicted octanol–water partition coefficient (Wildman–Crippen LogP) is 4.36. The van der Waals surface area contributed by atoms with Gasteiger partial charge >= 0.3 is 0 Å². The van der Waals surface area contributed by atoms with Crippen molar-refractivity contribution in [2.45, 2.75) is 12.8 Å². The van der Waals surface area contributed by atoms with Gasteiger partial charge in [-0.2, -0.15) is 0 Å². The topological polar surface area (TPSA) is 56.8 Å². The van der Waals surface area contributed by atoms with E-state index in [4.69, 9.17) is 37.4 Å². The second kappa shape index (κ2) is 10.8. The van der Waals surface area contributed by atoms with Crippen LogP contribution in [0.3, 0.4) is 0 Å². The Morgan fingerprint density at radius 1 is 1.00 bits per heavy atom. The molecule has 0 atom stereocenters. The molecule has 0 radical (unpaired) electrons. The Morgan fingerprint density at radius 2 is 1.73 bits per heavy atom. The molecule has 0 spiro atoms. The number of nitrogens with one attached hydrogen (secondary N) is 1. The Kier molecular flexibility index (Phi) is 8.38. The molecule has 2 aromatic rings. The average molecular weight is 398 g/mol. The highest BCUT2D eigenvalue weighted by Gasteiger charge is 2.04. The number of hydrogen-bond donors (Lipinski definition) is 1. The van der Waals surface area contributed by atoms with Crippen molar-refractivity contribution >= 4 is 29.1 Å². The van der Waals surface area contributed by atoms with E-state index in [0.717, 1.165) is 11.5 Å². The first-order chi connectivity index (χ1) is 12.6. The summed E-state index contributed by atoms with van der Waals surface area (Å²) in [6, 6.07) is 12.3. The molecule has 26 heavy (non-hydrogen) atoms. The van der Waals surface area contributed by atoms with E-state index in [1.807, 2.05) is 24.3 Å². The van der Waals surface area contributed by atoms with Gasteiger partial charge in [-0.05, 0) is 48.9 Å². The van der Waals surface area contributed by atoms with Crippen LogP contribution in [-0.2, 0) is 4.79 Å². The summed E-state index contributed by atoms with van der Waals surface area (Å²) in [7, 11) is 1.61. The number of carbonyl (C=O) groups is 1. The summed E-state index contributed by atoms with van der Waals surface area (Å²) in [5.74, 6) is 2.01. The van der Waals surface area contributed by atoms with Crippen molar-refractivity contribution in [3.63, 3.8) is 0 Å². The second-order valence-corrected chi connectivity index (χ2v) is 6.24. The Labute approximate surface area is 163 Å². The molecule has 5 nitrogen and oxygen atoms in total. The van der Waals surface area contributed by atoms with Crippen molar-refractivity contribution < 1.29 is 19.0 Å². The maximum Gasteiger partial charge on any atom is 0.220 e. The lowest BCUT2D eigenvalue weighted by molar-refractivity contribution is -0.121. The summed E-state index contributed by atoms with van der Waals surface area (Å²) in [5.41, 5.74) is 0. The van der Waals surface area contributed by atoms with Crippen LogP contribution in [0.2, 0.25) is 10.0 Å². The zero-order valence-electron chi connectivity index (χ0n) is 14.5. The molecule has 0 aliphatic carbocycles. The molecule has 0 heterocycles. The maximum absolute atomic E-state index is 11.8. The third kappa shape index (κ3) is 7.02. The van der Waals surface area contributed by atoms with Gasteiger partial charge < -0.3 is 19.5 Å². The molecule has 1 N–H and O–H groups in total. The molecule has 0 unspecified atom stereocenters. The number of halogens is 2. The number of rotatable bonds is 10. The van der Waals surface area contributed by atoms with E-state index >= 15 is 0 Å². The summed E-state index contributed by atoms with van der Waals surface area (Å²) >= 11 is 11.8.